The maximum absolute atomic E-state index is 12.7. The molecule has 6 nitrogen and oxygen atoms in total. The number of aryl methyl sites for hydroxylation is 1. The number of carbonyl (C=O) groups is 1. The molecular formula is C23H22Cl2N4O2. The normalized spacial score (nSPS) is 14.0. The van der Waals surface area contributed by atoms with E-state index in [-0.39, 0.29) is 18.0 Å². The molecule has 0 N–H and O–H groups in total. The molecule has 1 aromatic heterocycles. The SMILES string of the molecule is Cc1ccc(-c2cc(=O)n(CC(=O)N3CCN(c4cccc(Cl)c4Cl)CC3)cn2)cc1. The van der Waals surface area contributed by atoms with Crippen LogP contribution in [-0.4, -0.2) is 46.5 Å². The maximum atomic E-state index is 12.7. The van der Waals surface area contributed by atoms with Crippen LogP contribution in [0.5, 0.6) is 0 Å². The van der Waals surface area contributed by atoms with Gasteiger partial charge in [0.05, 0.1) is 27.8 Å². The van der Waals surface area contributed by atoms with Gasteiger partial charge in [-0.3, -0.25) is 14.2 Å². The number of amides is 1. The zero-order valence-electron chi connectivity index (χ0n) is 17.1. The van der Waals surface area contributed by atoms with Gasteiger partial charge in [0.25, 0.3) is 5.56 Å². The summed E-state index contributed by atoms with van der Waals surface area (Å²) >= 11 is 12.4. The quantitative estimate of drug-likeness (QED) is 0.597. The lowest BCUT2D eigenvalue weighted by Gasteiger charge is -2.36. The van der Waals surface area contributed by atoms with Crippen LogP contribution in [0.3, 0.4) is 0 Å². The zero-order valence-corrected chi connectivity index (χ0v) is 18.6. The van der Waals surface area contributed by atoms with Crippen molar-refractivity contribution >= 4 is 34.8 Å². The van der Waals surface area contributed by atoms with E-state index < -0.39 is 0 Å². The van der Waals surface area contributed by atoms with Crippen LogP contribution in [0.4, 0.5) is 5.69 Å². The summed E-state index contributed by atoms with van der Waals surface area (Å²) in [5.74, 6) is -0.108. The van der Waals surface area contributed by atoms with E-state index in [2.05, 4.69) is 9.88 Å². The second-order valence-electron chi connectivity index (χ2n) is 7.55. The number of piperazine rings is 1. The van der Waals surface area contributed by atoms with Crippen LogP contribution in [0, 0.1) is 6.92 Å². The first-order valence-corrected chi connectivity index (χ1v) is 10.8. The summed E-state index contributed by atoms with van der Waals surface area (Å²) in [6, 6.07) is 14.8. The summed E-state index contributed by atoms with van der Waals surface area (Å²) in [4.78, 5) is 33.5. The number of anilines is 1. The Bertz CT molecular complexity index is 1150. The van der Waals surface area contributed by atoms with Crippen molar-refractivity contribution < 1.29 is 4.79 Å². The lowest BCUT2D eigenvalue weighted by molar-refractivity contribution is -0.132. The Morgan fingerprint density at radius 1 is 1.03 bits per heavy atom. The summed E-state index contributed by atoms with van der Waals surface area (Å²) in [6.45, 7) is 4.36. The molecule has 2 heterocycles. The zero-order chi connectivity index (χ0) is 22.0. The maximum Gasteiger partial charge on any atom is 0.254 e. The summed E-state index contributed by atoms with van der Waals surface area (Å²) in [5, 5.41) is 1.04. The smallest absolute Gasteiger partial charge is 0.254 e. The summed E-state index contributed by atoms with van der Waals surface area (Å²) in [6.07, 6.45) is 1.44. The fourth-order valence-electron chi connectivity index (χ4n) is 3.61. The number of aromatic nitrogens is 2. The summed E-state index contributed by atoms with van der Waals surface area (Å²) in [5.41, 5.74) is 3.23. The van der Waals surface area contributed by atoms with E-state index in [1.807, 2.05) is 43.3 Å². The van der Waals surface area contributed by atoms with Crippen molar-refractivity contribution in [3.8, 4) is 11.3 Å². The van der Waals surface area contributed by atoms with Crippen molar-refractivity contribution in [2.75, 3.05) is 31.1 Å². The van der Waals surface area contributed by atoms with Crippen molar-refractivity contribution in [2.24, 2.45) is 0 Å². The second-order valence-corrected chi connectivity index (χ2v) is 8.33. The van der Waals surface area contributed by atoms with Crippen LogP contribution in [0.2, 0.25) is 10.0 Å². The van der Waals surface area contributed by atoms with Crippen molar-refractivity contribution in [3.63, 3.8) is 0 Å². The highest BCUT2D eigenvalue weighted by Crippen LogP contribution is 2.32. The van der Waals surface area contributed by atoms with E-state index in [9.17, 15) is 9.59 Å². The number of halogens is 2. The molecule has 0 aliphatic carbocycles. The summed E-state index contributed by atoms with van der Waals surface area (Å²) < 4.78 is 1.35. The van der Waals surface area contributed by atoms with Crippen LogP contribution >= 0.6 is 23.2 Å². The number of hydrogen-bond donors (Lipinski definition) is 0. The Labute approximate surface area is 190 Å². The van der Waals surface area contributed by atoms with Crippen LogP contribution in [-0.2, 0) is 11.3 Å². The van der Waals surface area contributed by atoms with Gasteiger partial charge < -0.3 is 9.80 Å². The largest absolute Gasteiger partial charge is 0.367 e. The molecule has 0 saturated carbocycles. The Morgan fingerprint density at radius 3 is 2.42 bits per heavy atom. The van der Waals surface area contributed by atoms with E-state index in [0.717, 1.165) is 16.8 Å². The molecule has 0 spiro atoms. The highest BCUT2D eigenvalue weighted by atomic mass is 35.5. The molecular weight excluding hydrogens is 435 g/mol. The monoisotopic (exact) mass is 456 g/mol. The molecule has 1 saturated heterocycles. The van der Waals surface area contributed by atoms with Gasteiger partial charge in [-0.05, 0) is 19.1 Å². The molecule has 3 aromatic rings. The lowest BCUT2D eigenvalue weighted by Crippen LogP contribution is -2.50. The van der Waals surface area contributed by atoms with Gasteiger partial charge in [0.2, 0.25) is 5.91 Å². The van der Waals surface area contributed by atoms with Gasteiger partial charge in [0.1, 0.15) is 6.54 Å². The second kappa shape index (κ2) is 9.12. The Balaban J connectivity index is 1.39. The third-order valence-corrected chi connectivity index (χ3v) is 6.25. The van der Waals surface area contributed by atoms with Crippen LogP contribution in [0.15, 0.2) is 59.7 Å². The molecule has 0 unspecified atom stereocenters. The highest BCUT2D eigenvalue weighted by molar-refractivity contribution is 6.43. The van der Waals surface area contributed by atoms with Crippen molar-refractivity contribution in [1.82, 2.24) is 14.5 Å². The molecule has 1 amide bonds. The van der Waals surface area contributed by atoms with Crippen molar-refractivity contribution in [1.29, 1.82) is 0 Å². The Hall–Kier alpha value is -2.83. The predicted octanol–water partition coefficient (Wildman–Crippen LogP) is 3.87. The van der Waals surface area contributed by atoms with E-state index in [4.69, 9.17) is 23.2 Å². The number of carbonyl (C=O) groups excluding carboxylic acids is 1. The minimum absolute atomic E-state index is 0.0298. The first-order chi connectivity index (χ1) is 14.9. The third kappa shape index (κ3) is 4.75. The van der Waals surface area contributed by atoms with E-state index >= 15 is 0 Å². The van der Waals surface area contributed by atoms with Gasteiger partial charge in [0.15, 0.2) is 0 Å². The Kier molecular flexibility index (Phi) is 6.30. The molecule has 0 radical (unpaired) electrons. The van der Waals surface area contributed by atoms with Gasteiger partial charge in [-0.15, -0.1) is 0 Å². The van der Waals surface area contributed by atoms with E-state index in [0.29, 0.717) is 41.9 Å². The van der Waals surface area contributed by atoms with Crippen LogP contribution in [0.1, 0.15) is 5.56 Å². The number of benzene rings is 2. The van der Waals surface area contributed by atoms with E-state index in [1.54, 1.807) is 11.0 Å². The van der Waals surface area contributed by atoms with E-state index in [1.165, 1.54) is 17.0 Å². The average Bonchev–Trinajstić information content (AvgIpc) is 2.78. The molecule has 8 heteroatoms. The average molecular weight is 457 g/mol. The number of hydrogen-bond acceptors (Lipinski definition) is 4. The van der Waals surface area contributed by atoms with Crippen molar-refractivity contribution in [2.45, 2.75) is 13.5 Å². The summed E-state index contributed by atoms with van der Waals surface area (Å²) in [7, 11) is 0. The van der Waals surface area contributed by atoms with Crippen molar-refractivity contribution in [3.05, 3.63) is 80.8 Å². The molecule has 1 fully saturated rings. The molecule has 0 bridgehead atoms. The fraction of sp³-hybridized carbons (Fsp3) is 0.261. The molecule has 4 rings (SSSR count). The molecule has 1 aliphatic heterocycles. The van der Waals surface area contributed by atoms with Gasteiger partial charge in [-0.25, -0.2) is 4.98 Å². The molecule has 2 aromatic carbocycles. The lowest BCUT2D eigenvalue weighted by atomic mass is 10.1. The fourth-order valence-corrected chi connectivity index (χ4v) is 4.02. The predicted molar refractivity (Wildman–Crippen MR) is 124 cm³/mol. The first kappa shape index (κ1) is 21.4. The first-order valence-electron chi connectivity index (χ1n) is 10.0. The van der Waals surface area contributed by atoms with Gasteiger partial charge in [-0.1, -0.05) is 59.1 Å². The van der Waals surface area contributed by atoms with Gasteiger partial charge in [0, 0.05) is 37.8 Å². The molecule has 160 valence electrons. The number of nitrogens with zero attached hydrogens (tertiary/aromatic N) is 4. The van der Waals surface area contributed by atoms with Gasteiger partial charge in [-0.2, -0.15) is 0 Å². The van der Waals surface area contributed by atoms with Gasteiger partial charge >= 0.3 is 0 Å². The topological polar surface area (TPSA) is 58.4 Å². The van der Waals surface area contributed by atoms with Crippen LogP contribution in [0.25, 0.3) is 11.3 Å². The standard InChI is InChI=1S/C23H22Cl2N4O2/c1-16-5-7-17(8-6-16)19-13-21(30)29(15-26-19)14-22(31)28-11-9-27(10-12-28)20-4-2-3-18(24)23(20)25/h2-8,13,15H,9-12,14H2,1H3. The molecule has 31 heavy (non-hydrogen) atoms. The number of rotatable bonds is 4. The van der Waals surface area contributed by atoms with Crippen LogP contribution < -0.4 is 10.5 Å². The molecule has 1 aliphatic rings. The highest BCUT2D eigenvalue weighted by Gasteiger charge is 2.23. The Morgan fingerprint density at radius 2 is 1.74 bits per heavy atom. The minimum atomic E-state index is -0.247. The third-order valence-electron chi connectivity index (χ3n) is 5.44. The minimum Gasteiger partial charge on any atom is -0.367 e. The molecule has 0 atom stereocenters.